The average molecular weight is 172 g/mol. The van der Waals surface area contributed by atoms with Crippen molar-refractivity contribution in [3.63, 3.8) is 0 Å². The molecule has 1 aromatic carbocycles. The highest BCUT2D eigenvalue weighted by Crippen LogP contribution is 2.25. The maximum atomic E-state index is 11.4. The summed E-state index contributed by atoms with van der Waals surface area (Å²) in [7, 11) is 0. The quantitative estimate of drug-likeness (QED) is 0.608. The molecule has 1 aromatic rings. The highest BCUT2D eigenvalue weighted by molar-refractivity contribution is 6.25. The molecular formula is C11H8O2. The number of hydrogen-bond acceptors (Lipinski definition) is 2. The molecule has 0 aliphatic heterocycles. The third-order valence-corrected chi connectivity index (χ3v) is 2.22. The monoisotopic (exact) mass is 172 g/mol. The van der Waals surface area contributed by atoms with Crippen LogP contribution in [0.5, 0.6) is 0 Å². The first kappa shape index (κ1) is 7.92. The highest BCUT2D eigenvalue weighted by atomic mass is 16.2. The fourth-order valence-corrected chi connectivity index (χ4v) is 1.61. The van der Waals surface area contributed by atoms with Crippen molar-refractivity contribution in [3.05, 3.63) is 41.5 Å². The number of benzene rings is 1. The van der Waals surface area contributed by atoms with E-state index in [2.05, 4.69) is 6.58 Å². The van der Waals surface area contributed by atoms with Gasteiger partial charge in [-0.05, 0) is 5.56 Å². The summed E-state index contributed by atoms with van der Waals surface area (Å²) < 4.78 is 0. The van der Waals surface area contributed by atoms with Gasteiger partial charge in [0.05, 0.1) is 6.42 Å². The first-order valence-corrected chi connectivity index (χ1v) is 4.06. The minimum absolute atomic E-state index is 0.0141. The Kier molecular flexibility index (Phi) is 1.62. The zero-order valence-corrected chi connectivity index (χ0v) is 7.04. The van der Waals surface area contributed by atoms with Gasteiger partial charge in [0.25, 0.3) is 0 Å². The second-order valence-electron chi connectivity index (χ2n) is 3.00. The van der Waals surface area contributed by atoms with E-state index in [4.69, 9.17) is 0 Å². The molecule has 2 rings (SSSR count). The molecule has 2 heteroatoms. The van der Waals surface area contributed by atoms with Crippen molar-refractivity contribution in [1.82, 2.24) is 0 Å². The van der Waals surface area contributed by atoms with E-state index < -0.39 is 0 Å². The van der Waals surface area contributed by atoms with E-state index in [1.165, 1.54) is 0 Å². The first-order chi connectivity index (χ1) is 6.24. The van der Waals surface area contributed by atoms with Gasteiger partial charge in [-0.15, -0.1) is 0 Å². The Hall–Kier alpha value is -1.70. The van der Waals surface area contributed by atoms with Gasteiger partial charge < -0.3 is 0 Å². The van der Waals surface area contributed by atoms with Gasteiger partial charge in [-0.1, -0.05) is 30.9 Å². The minimum atomic E-state index is -0.0875. The van der Waals surface area contributed by atoms with Crippen molar-refractivity contribution < 1.29 is 9.59 Å². The lowest BCUT2D eigenvalue weighted by Crippen LogP contribution is -1.94. The van der Waals surface area contributed by atoms with E-state index in [1.54, 1.807) is 24.3 Å². The second-order valence-corrected chi connectivity index (χ2v) is 3.00. The molecule has 0 spiro atoms. The predicted molar refractivity (Wildman–Crippen MR) is 49.8 cm³/mol. The van der Waals surface area contributed by atoms with E-state index in [-0.39, 0.29) is 18.0 Å². The van der Waals surface area contributed by atoms with Gasteiger partial charge in [0, 0.05) is 11.1 Å². The molecule has 2 nitrogen and oxygen atoms in total. The standard InChI is InChI=1S/C11H8O2/c1-2-7-4-3-5-8-9(12)6-10(13)11(7)8/h2-5H,1,6H2. The summed E-state index contributed by atoms with van der Waals surface area (Å²) in [5, 5.41) is 0. The molecule has 0 saturated heterocycles. The van der Waals surface area contributed by atoms with E-state index in [1.807, 2.05) is 0 Å². The third kappa shape index (κ3) is 1.03. The summed E-state index contributed by atoms with van der Waals surface area (Å²) in [6.45, 7) is 3.60. The topological polar surface area (TPSA) is 34.1 Å². The summed E-state index contributed by atoms with van der Waals surface area (Å²) >= 11 is 0. The maximum Gasteiger partial charge on any atom is 0.171 e. The Morgan fingerprint density at radius 3 is 2.69 bits per heavy atom. The maximum absolute atomic E-state index is 11.4. The Bertz CT molecular complexity index is 416. The Morgan fingerprint density at radius 1 is 1.23 bits per heavy atom. The van der Waals surface area contributed by atoms with Crippen LogP contribution in [0.2, 0.25) is 0 Å². The number of fused-ring (bicyclic) bond motifs is 1. The van der Waals surface area contributed by atoms with Gasteiger partial charge in [0.1, 0.15) is 0 Å². The molecule has 0 N–H and O–H groups in total. The highest BCUT2D eigenvalue weighted by Gasteiger charge is 2.28. The fourth-order valence-electron chi connectivity index (χ4n) is 1.61. The van der Waals surface area contributed by atoms with E-state index in [0.717, 1.165) is 5.56 Å². The van der Waals surface area contributed by atoms with Crippen molar-refractivity contribution in [2.75, 3.05) is 0 Å². The molecule has 1 aliphatic rings. The van der Waals surface area contributed by atoms with Crippen LogP contribution in [0.15, 0.2) is 24.8 Å². The number of carbonyl (C=O) groups is 2. The number of hydrogen-bond donors (Lipinski definition) is 0. The van der Waals surface area contributed by atoms with Crippen LogP contribution >= 0.6 is 0 Å². The van der Waals surface area contributed by atoms with Crippen LogP contribution < -0.4 is 0 Å². The second kappa shape index (κ2) is 2.66. The molecule has 1 aliphatic carbocycles. The summed E-state index contributed by atoms with van der Waals surface area (Å²) in [4.78, 5) is 22.7. The average Bonchev–Trinajstić information content (AvgIpc) is 2.43. The largest absolute Gasteiger partial charge is 0.294 e. The Labute approximate surface area is 75.9 Å². The molecule has 13 heavy (non-hydrogen) atoms. The van der Waals surface area contributed by atoms with Crippen molar-refractivity contribution >= 4 is 17.6 Å². The van der Waals surface area contributed by atoms with Gasteiger partial charge in [0.2, 0.25) is 0 Å². The van der Waals surface area contributed by atoms with Crippen LogP contribution in [-0.4, -0.2) is 11.6 Å². The van der Waals surface area contributed by atoms with Gasteiger partial charge in [-0.25, -0.2) is 0 Å². The third-order valence-electron chi connectivity index (χ3n) is 2.22. The molecule has 0 unspecified atom stereocenters. The lowest BCUT2D eigenvalue weighted by atomic mass is 10.0. The van der Waals surface area contributed by atoms with Crippen molar-refractivity contribution in [2.45, 2.75) is 6.42 Å². The van der Waals surface area contributed by atoms with Gasteiger partial charge in [0.15, 0.2) is 11.6 Å². The van der Waals surface area contributed by atoms with Crippen molar-refractivity contribution in [2.24, 2.45) is 0 Å². The van der Waals surface area contributed by atoms with Crippen molar-refractivity contribution in [1.29, 1.82) is 0 Å². The fraction of sp³-hybridized carbons (Fsp3) is 0.0909. The lowest BCUT2D eigenvalue weighted by Gasteiger charge is -1.99. The SMILES string of the molecule is C=Cc1cccc2c1C(=O)CC2=O. The number of Topliss-reactive ketones (excluding diaryl/α,β-unsaturated/α-hetero) is 2. The smallest absolute Gasteiger partial charge is 0.171 e. The molecule has 0 amide bonds. The van der Waals surface area contributed by atoms with Crippen LogP contribution in [0.25, 0.3) is 6.08 Å². The van der Waals surface area contributed by atoms with Crippen LogP contribution in [0, 0.1) is 0 Å². The van der Waals surface area contributed by atoms with Crippen LogP contribution in [0.4, 0.5) is 0 Å². The zero-order chi connectivity index (χ0) is 9.42. The Balaban J connectivity index is 2.75. The first-order valence-electron chi connectivity index (χ1n) is 4.06. The summed E-state index contributed by atoms with van der Waals surface area (Å²) in [5.74, 6) is -0.167. The molecular weight excluding hydrogens is 164 g/mol. The van der Waals surface area contributed by atoms with Gasteiger partial charge >= 0.3 is 0 Å². The summed E-state index contributed by atoms with van der Waals surface area (Å²) in [6, 6.07) is 5.25. The summed E-state index contributed by atoms with van der Waals surface area (Å²) in [5.41, 5.74) is 1.85. The zero-order valence-electron chi connectivity index (χ0n) is 7.04. The molecule has 0 bridgehead atoms. The molecule has 64 valence electrons. The van der Waals surface area contributed by atoms with Crippen LogP contribution in [0.3, 0.4) is 0 Å². The molecule has 0 heterocycles. The number of carbonyl (C=O) groups excluding carboxylic acids is 2. The predicted octanol–water partition coefficient (Wildman–Crippen LogP) is 2.10. The Morgan fingerprint density at radius 2 is 2.00 bits per heavy atom. The van der Waals surface area contributed by atoms with Crippen LogP contribution in [0.1, 0.15) is 32.7 Å². The number of ketones is 2. The normalized spacial score (nSPS) is 14.5. The van der Waals surface area contributed by atoms with E-state index in [0.29, 0.717) is 11.1 Å². The molecule has 0 radical (unpaired) electrons. The molecule has 0 aromatic heterocycles. The van der Waals surface area contributed by atoms with E-state index >= 15 is 0 Å². The minimum Gasteiger partial charge on any atom is -0.294 e. The lowest BCUT2D eigenvalue weighted by molar-refractivity contribution is 0.0923. The van der Waals surface area contributed by atoms with E-state index in [9.17, 15) is 9.59 Å². The molecule has 0 fully saturated rings. The summed E-state index contributed by atoms with van der Waals surface area (Å²) in [6.07, 6.45) is 1.62. The van der Waals surface area contributed by atoms with Crippen molar-refractivity contribution in [3.8, 4) is 0 Å². The van der Waals surface area contributed by atoms with Gasteiger partial charge in [-0.3, -0.25) is 9.59 Å². The molecule has 0 saturated carbocycles. The van der Waals surface area contributed by atoms with Crippen LogP contribution in [-0.2, 0) is 0 Å². The van der Waals surface area contributed by atoms with Gasteiger partial charge in [-0.2, -0.15) is 0 Å². The molecule has 0 atom stereocenters. The number of rotatable bonds is 1.